The second-order valence-corrected chi connectivity index (χ2v) is 6.04. The van der Waals surface area contributed by atoms with Crippen LogP contribution in [0, 0.1) is 0 Å². The van der Waals surface area contributed by atoms with Crippen LogP contribution in [0.3, 0.4) is 0 Å². The van der Waals surface area contributed by atoms with E-state index in [4.69, 9.17) is 21.1 Å². The van der Waals surface area contributed by atoms with E-state index in [1.807, 2.05) is 55.5 Å². The van der Waals surface area contributed by atoms with Crippen molar-refractivity contribution >= 4 is 29.5 Å². The zero-order valence-corrected chi connectivity index (χ0v) is 14.3. The number of nitrogens with one attached hydrogen (secondary N) is 1. The van der Waals surface area contributed by atoms with E-state index in [1.165, 1.54) is 0 Å². The van der Waals surface area contributed by atoms with E-state index in [2.05, 4.69) is 5.32 Å². The maximum absolute atomic E-state index is 11.1. The Morgan fingerprint density at radius 3 is 2.57 bits per heavy atom. The van der Waals surface area contributed by atoms with Crippen LogP contribution in [0.2, 0.25) is 5.02 Å². The first-order valence-electron chi connectivity index (χ1n) is 7.25. The van der Waals surface area contributed by atoms with Crippen molar-refractivity contribution in [3.05, 3.63) is 53.6 Å². The van der Waals surface area contributed by atoms with Gasteiger partial charge in [-0.1, -0.05) is 35.5 Å². The number of carbonyl (C=O) groups is 1. The minimum Gasteiger partial charge on any atom is -0.490 e. The van der Waals surface area contributed by atoms with Gasteiger partial charge in [-0.3, -0.25) is 0 Å². The van der Waals surface area contributed by atoms with Gasteiger partial charge in [-0.15, -0.1) is 0 Å². The minimum atomic E-state index is -0.428. The number of benzene rings is 2. The third-order valence-electron chi connectivity index (χ3n) is 2.79. The lowest BCUT2D eigenvalue weighted by atomic mass is 10.3. The van der Waals surface area contributed by atoms with Crippen LogP contribution in [0.25, 0.3) is 0 Å². The summed E-state index contributed by atoms with van der Waals surface area (Å²) in [5.74, 6) is 0.730. The summed E-state index contributed by atoms with van der Waals surface area (Å²) < 4.78 is 10.4. The Morgan fingerprint density at radius 1 is 1.13 bits per heavy atom. The van der Waals surface area contributed by atoms with E-state index in [0.29, 0.717) is 13.2 Å². The van der Waals surface area contributed by atoms with E-state index >= 15 is 0 Å². The molecule has 0 atom stereocenters. The third-order valence-corrected chi connectivity index (χ3v) is 4.32. The normalized spacial score (nSPS) is 10.2. The van der Waals surface area contributed by atoms with Crippen LogP contribution < -0.4 is 10.1 Å². The Hall–Kier alpha value is -1.85. The molecule has 0 radical (unpaired) electrons. The fourth-order valence-electron chi connectivity index (χ4n) is 1.75. The zero-order valence-electron chi connectivity index (χ0n) is 12.8. The average Bonchev–Trinajstić information content (AvgIpc) is 2.55. The molecule has 0 spiro atoms. The molecule has 6 heteroatoms. The highest BCUT2D eigenvalue weighted by Crippen LogP contribution is 2.33. The second-order valence-electron chi connectivity index (χ2n) is 4.52. The van der Waals surface area contributed by atoms with Gasteiger partial charge in [0.2, 0.25) is 0 Å². The molecule has 0 aliphatic rings. The van der Waals surface area contributed by atoms with E-state index < -0.39 is 6.09 Å². The summed E-state index contributed by atoms with van der Waals surface area (Å²) >= 11 is 7.74. The molecular weight excluding hydrogens is 334 g/mol. The summed E-state index contributed by atoms with van der Waals surface area (Å²) in [6.07, 6.45) is -0.428. The molecule has 0 aromatic heterocycles. The van der Waals surface area contributed by atoms with Gasteiger partial charge in [-0.05, 0) is 43.3 Å². The van der Waals surface area contributed by atoms with Crippen LogP contribution in [0.1, 0.15) is 6.92 Å². The van der Waals surface area contributed by atoms with Crippen LogP contribution in [0.4, 0.5) is 4.79 Å². The summed E-state index contributed by atoms with van der Waals surface area (Å²) in [6.45, 7) is 2.90. The summed E-state index contributed by atoms with van der Waals surface area (Å²) in [5.41, 5.74) is 0. The molecule has 2 aromatic rings. The lowest BCUT2D eigenvalue weighted by Gasteiger charge is -2.08. The second kappa shape index (κ2) is 9.33. The number of ether oxygens (including phenoxy) is 2. The van der Waals surface area contributed by atoms with Gasteiger partial charge < -0.3 is 14.8 Å². The first kappa shape index (κ1) is 17.5. The van der Waals surface area contributed by atoms with Crippen molar-refractivity contribution in [1.29, 1.82) is 0 Å². The van der Waals surface area contributed by atoms with Crippen molar-refractivity contribution in [1.82, 2.24) is 5.32 Å². The number of halogens is 1. The molecule has 0 saturated heterocycles. The first-order chi connectivity index (χ1) is 11.2. The number of rotatable bonds is 7. The third kappa shape index (κ3) is 6.04. The quantitative estimate of drug-likeness (QED) is 0.739. The van der Waals surface area contributed by atoms with Gasteiger partial charge in [0.15, 0.2) is 0 Å². The van der Waals surface area contributed by atoms with Gasteiger partial charge in [0, 0.05) is 16.3 Å². The summed E-state index contributed by atoms with van der Waals surface area (Å²) in [4.78, 5) is 13.2. The highest BCUT2D eigenvalue weighted by Gasteiger charge is 2.03. The van der Waals surface area contributed by atoms with Crippen molar-refractivity contribution in [2.75, 3.05) is 19.8 Å². The number of carbonyl (C=O) groups excluding carboxylic acids is 1. The van der Waals surface area contributed by atoms with Gasteiger partial charge >= 0.3 is 6.09 Å². The highest BCUT2D eigenvalue weighted by atomic mass is 35.5. The Labute approximate surface area is 145 Å². The van der Waals surface area contributed by atoms with Crippen molar-refractivity contribution in [3.63, 3.8) is 0 Å². The number of hydrogen-bond acceptors (Lipinski definition) is 4. The molecule has 0 aliphatic heterocycles. The zero-order chi connectivity index (χ0) is 16.5. The number of alkyl carbamates (subject to hydrolysis) is 1. The summed E-state index contributed by atoms with van der Waals surface area (Å²) in [6, 6.07) is 15.4. The molecule has 0 unspecified atom stereocenters. The monoisotopic (exact) mass is 351 g/mol. The molecule has 0 fully saturated rings. The predicted molar refractivity (Wildman–Crippen MR) is 92.5 cm³/mol. The smallest absolute Gasteiger partial charge is 0.407 e. The SMILES string of the molecule is CCNC(=O)OCCOc1ccc(Sc2ccccc2Cl)cc1. The van der Waals surface area contributed by atoms with Crippen LogP contribution in [0.15, 0.2) is 58.3 Å². The molecule has 122 valence electrons. The van der Waals surface area contributed by atoms with E-state index in [1.54, 1.807) is 11.8 Å². The van der Waals surface area contributed by atoms with Gasteiger partial charge in [0.05, 0.1) is 5.02 Å². The average molecular weight is 352 g/mol. The molecule has 4 nitrogen and oxygen atoms in total. The van der Waals surface area contributed by atoms with Crippen LogP contribution in [-0.2, 0) is 4.74 Å². The van der Waals surface area contributed by atoms with E-state index in [0.717, 1.165) is 20.6 Å². The number of amides is 1. The predicted octanol–water partition coefficient (Wildman–Crippen LogP) is 4.62. The fraction of sp³-hybridized carbons (Fsp3) is 0.235. The molecule has 1 N–H and O–H groups in total. The Balaban J connectivity index is 1.78. The minimum absolute atomic E-state index is 0.210. The Bertz CT molecular complexity index is 634. The van der Waals surface area contributed by atoms with Gasteiger partial charge in [-0.2, -0.15) is 0 Å². The van der Waals surface area contributed by atoms with Crippen molar-refractivity contribution in [2.24, 2.45) is 0 Å². The molecule has 1 amide bonds. The van der Waals surface area contributed by atoms with Gasteiger partial charge in [0.25, 0.3) is 0 Å². The van der Waals surface area contributed by atoms with E-state index in [-0.39, 0.29) is 6.61 Å². The number of hydrogen-bond donors (Lipinski definition) is 1. The summed E-state index contributed by atoms with van der Waals surface area (Å²) in [5, 5.41) is 3.29. The van der Waals surface area contributed by atoms with Crippen molar-refractivity contribution in [3.8, 4) is 5.75 Å². The molecule has 0 heterocycles. The largest absolute Gasteiger partial charge is 0.490 e. The van der Waals surface area contributed by atoms with Crippen LogP contribution in [-0.4, -0.2) is 25.9 Å². The maximum Gasteiger partial charge on any atom is 0.407 e. The molecule has 0 saturated carbocycles. The lowest BCUT2D eigenvalue weighted by molar-refractivity contribution is 0.125. The first-order valence-corrected chi connectivity index (χ1v) is 8.44. The van der Waals surface area contributed by atoms with E-state index in [9.17, 15) is 4.79 Å². The highest BCUT2D eigenvalue weighted by molar-refractivity contribution is 7.99. The molecule has 2 rings (SSSR count). The van der Waals surface area contributed by atoms with Crippen molar-refractivity contribution < 1.29 is 14.3 Å². The molecule has 0 aliphatic carbocycles. The van der Waals surface area contributed by atoms with Gasteiger partial charge in [0.1, 0.15) is 19.0 Å². The molecule has 0 bridgehead atoms. The topological polar surface area (TPSA) is 47.6 Å². The molecule has 2 aromatic carbocycles. The van der Waals surface area contributed by atoms with Crippen molar-refractivity contribution in [2.45, 2.75) is 16.7 Å². The van der Waals surface area contributed by atoms with Crippen LogP contribution in [0.5, 0.6) is 5.75 Å². The maximum atomic E-state index is 11.1. The summed E-state index contributed by atoms with van der Waals surface area (Å²) in [7, 11) is 0. The Kier molecular flexibility index (Phi) is 7.10. The molecule has 23 heavy (non-hydrogen) atoms. The standard InChI is InChI=1S/C17H18ClNO3S/c1-2-19-17(20)22-12-11-21-13-7-9-14(10-8-13)23-16-6-4-3-5-15(16)18/h3-10H,2,11-12H2,1H3,(H,19,20). The molecular formula is C17H18ClNO3S. The van der Waals surface area contributed by atoms with Gasteiger partial charge in [-0.25, -0.2) is 4.79 Å². The Morgan fingerprint density at radius 2 is 1.87 bits per heavy atom. The fourth-order valence-corrected chi connectivity index (χ4v) is 2.84. The lowest BCUT2D eigenvalue weighted by Crippen LogP contribution is -2.25. The van der Waals surface area contributed by atoms with Crippen LogP contribution >= 0.6 is 23.4 Å².